The highest BCUT2D eigenvalue weighted by Crippen LogP contribution is 2.19. The molecule has 2 aromatic rings. The Bertz CT molecular complexity index is 493. The third kappa shape index (κ3) is 1.63. The van der Waals surface area contributed by atoms with Gasteiger partial charge in [0.05, 0.1) is 17.5 Å². The zero-order valence-electron chi connectivity index (χ0n) is 7.12. The number of H-pyrrole nitrogens is 1. The molecule has 0 atom stereocenters. The number of pyridine rings is 1. The van der Waals surface area contributed by atoms with Gasteiger partial charge in [0.25, 0.3) is 0 Å². The van der Waals surface area contributed by atoms with Crippen LogP contribution < -0.4 is 0 Å². The van der Waals surface area contributed by atoms with Crippen molar-refractivity contribution in [2.24, 2.45) is 0 Å². The van der Waals surface area contributed by atoms with Gasteiger partial charge in [-0.2, -0.15) is 0 Å². The summed E-state index contributed by atoms with van der Waals surface area (Å²) in [7, 11) is 0. The molecule has 0 aromatic carbocycles. The molecular formula is C9H7BrN2O2. The van der Waals surface area contributed by atoms with Crippen molar-refractivity contribution in [2.75, 3.05) is 0 Å². The minimum Gasteiger partial charge on any atom is -0.481 e. The van der Waals surface area contributed by atoms with Crippen LogP contribution >= 0.6 is 15.9 Å². The number of nitrogens with zero attached hydrogens (tertiary/aromatic N) is 1. The number of hydrogen-bond donors (Lipinski definition) is 2. The van der Waals surface area contributed by atoms with Gasteiger partial charge in [-0.05, 0) is 22.0 Å². The van der Waals surface area contributed by atoms with Crippen LogP contribution in [0, 0.1) is 0 Å². The lowest BCUT2D eigenvalue weighted by Crippen LogP contribution is -1.99. The smallest absolute Gasteiger partial charge is 0.307 e. The van der Waals surface area contributed by atoms with Gasteiger partial charge in [-0.1, -0.05) is 0 Å². The average molecular weight is 255 g/mol. The summed E-state index contributed by atoms with van der Waals surface area (Å²) in [5.41, 5.74) is 2.27. The normalized spacial score (nSPS) is 10.6. The number of aliphatic carboxylic acids is 1. The first-order valence-corrected chi connectivity index (χ1v) is 4.79. The first-order chi connectivity index (χ1) is 6.66. The quantitative estimate of drug-likeness (QED) is 0.861. The topological polar surface area (TPSA) is 66.0 Å². The van der Waals surface area contributed by atoms with E-state index < -0.39 is 5.97 Å². The number of rotatable bonds is 2. The Balaban J connectivity index is 2.52. The van der Waals surface area contributed by atoms with Gasteiger partial charge in [-0.15, -0.1) is 0 Å². The molecule has 0 amide bonds. The van der Waals surface area contributed by atoms with Crippen LogP contribution in [0.25, 0.3) is 11.0 Å². The molecular weight excluding hydrogens is 248 g/mol. The predicted molar refractivity (Wildman–Crippen MR) is 55.1 cm³/mol. The third-order valence-corrected chi connectivity index (χ3v) is 2.34. The molecule has 0 saturated heterocycles. The molecule has 0 spiro atoms. The molecule has 0 unspecified atom stereocenters. The summed E-state index contributed by atoms with van der Waals surface area (Å²) in [6, 6.07) is 1.87. The molecule has 2 heterocycles. The minimum absolute atomic E-state index is 0.00533. The van der Waals surface area contributed by atoms with E-state index in [0.717, 1.165) is 15.5 Å². The Labute approximate surface area is 88.1 Å². The SMILES string of the molecule is O=C(O)Cc1c[nH]c2cc(Br)cnc12. The number of nitrogens with one attached hydrogen (secondary N) is 1. The van der Waals surface area contributed by atoms with E-state index in [1.165, 1.54) is 0 Å². The largest absolute Gasteiger partial charge is 0.481 e. The Morgan fingerprint density at radius 2 is 2.43 bits per heavy atom. The number of hydrogen-bond acceptors (Lipinski definition) is 2. The standard InChI is InChI=1S/C9H7BrN2O2/c10-6-2-7-9(12-4-6)5(3-11-7)1-8(13)14/h2-4,11H,1H2,(H,13,14). The van der Waals surface area contributed by atoms with Crippen LogP contribution in [0.5, 0.6) is 0 Å². The van der Waals surface area contributed by atoms with Crippen molar-refractivity contribution in [2.45, 2.75) is 6.42 Å². The molecule has 0 aliphatic heterocycles. The van der Waals surface area contributed by atoms with Gasteiger partial charge in [0.15, 0.2) is 0 Å². The highest BCUT2D eigenvalue weighted by Gasteiger charge is 2.08. The molecule has 5 heteroatoms. The zero-order chi connectivity index (χ0) is 10.1. The Morgan fingerprint density at radius 3 is 3.14 bits per heavy atom. The Kier molecular flexibility index (Phi) is 2.25. The Hall–Kier alpha value is -1.36. The molecule has 0 aliphatic carbocycles. The van der Waals surface area contributed by atoms with Gasteiger partial charge in [-0.3, -0.25) is 9.78 Å². The minimum atomic E-state index is -0.851. The lowest BCUT2D eigenvalue weighted by Gasteiger charge is -1.93. The van der Waals surface area contributed by atoms with Gasteiger partial charge in [0.2, 0.25) is 0 Å². The maximum Gasteiger partial charge on any atom is 0.307 e. The molecule has 2 aromatic heterocycles. The molecule has 0 aliphatic rings. The van der Waals surface area contributed by atoms with Crippen LogP contribution in [-0.2, 0) is 11.2 Å². The summed E-state index contributed by atoms with van der Waals surface area (Å²) in [5, 5.41) is 8.65. The van der Waals surface area contributed by atoms with Gasteiger partial charge in [0.1, 0.15) is 0 Å². The summed E-state index contributed by atoms with van der Waals surface area (Å²) in [5.74, 6) is -0.851. The number of fused-ring (bicyclic) bond motifs is 1. The number of halogens is 1. The molecule has 14 heavy (non-hydrogen) atoms. The number of carbonyl (C=O) groups is 1. The zero-order valence-corrected chi connectivity index (χ0v) is 8.71. The molecule has 4 nitrogen and oxygen atoms in total. The lowest BCUT2D eigenvalue weighted by atomic mass is 10.2. The second-order valence-corrected chi connectivity index (χ2v) is 3.85. The third-order valence-electron chi connectivity index (χ3n) is 1.90. The molecule has 72 valence electrons. The molecule has 0 bridgehead atoms. The van der Waals surface area contributed by atoms with Crippen molar-refractivity contribution in [3.63, 3.8) is 0 Å². The second kappa shape index (κ2) is 3.42. The van der Waals surface area contributed by atoms with E-state index in [-0.39, 0.29) is 6.42 Å². The predicted octanol–water partition coefficient (Wildman–Crippen LogP) is 1.95. The fourth-order valence-electron chi connectivity index (χ4n) is 1.34. The summed E-state index contributed by atoms with van der Waals surface area (Å²) < 4.78 is 0.869. The molecule has 0 saturated carbocycles. The van der Waals surface area contributed by atoms with Crippen LogP contribution in [0.4, 0.5) is 0 Å². The van der Waals surface area contributed by atoms with E-state index in [0.29, 0.717) is 5.56 Å². The number of aromatic nitrogens is 2. The van der Waals surface area contributed by atoms with Crippen LogP contribution in [0.15, 0.2) is 22.9 Å². The van der Waals surface area contributed by atoms with E-state index in [2.05, 4.69) is 25.9 Å². The lowest BCUT2D eigenvalue weighted by molar-refractivity contribution is -0.136. The van der Waals surface area contributed by atoms with E-state index >= 15 is 0 Å². The maximum atomic E-state index is 10.5. The number of carboxylic acid groups (broad SMARTS) is 1. The maximum absolute atomic E-state index is 10.5. The Morgan fingerprint density at radius 1 is 1.64 bits per heavy atom. The number of carboxylic acids is 1. The molecule has 0 fully saturated rings. The first-order valence-electron chi connectivity index (χ1n) is 4.00. The van der Waals surface area contributed by atoms with E-state index in [4.69, 9.17) is 5.11 Å². The fraction of sp³-hybridized carbons (Fsp3) is 0.111. The number of aromatic amines is 1. The van der Waals surface area contributed by atoms with Crippen LogP contribution in [-0.4, -0.2) is 21.0 Å². The van der Waals surface area contributed by atoms with E-state index in [1.54, 1.807) is 12.4 Å². The highest BCUT2D eigenvalue weighted by atomic mass is 79.9. The van der Waals surface area contributed by atoms with Gasteiger partial charge >= 0.3 is 5.97 Å². The van der Waals surface area contributed by atoms with Gasteiger partial charge in [-0.25, -0.2) is 0 Å². The summed E-state index contributed by atoms with van der Waals surface area (Å²) in [6.07, 6.45) is 3.33. The van der Waals surface area contributed by atoms with Crippen molar-refractivity contribution in [1.82, 2.24) is 9.97 Å². The van der Waals surface area contributed by atoms with E-state index in [9.17, 15) is 4.79 Å². The van der Waals surface area contributed by atoms with Crippen molar-refractivity contribution in [3.8, 4) is 0 Å². The average Bonchev–Trinajstić information content (AvgIpc) is 2.47. The van der Waals surface area contributed by atoms with E-state index in [1.807, 2.05) is 6.07 Å². The monoisotopic (exact) mass is 254 g/mol. The second-order valence-electron chi connectivity index (χ2n) is 2.93. The van der Waals surface area contributed by atoms with Crippen molar-refractivity contribution < 1.29 is 9.90 Å². The fourth-order valence-corrected chi connectivity index (χ4v) is 1.67. The first kappa shape index (κ1) is 9.21. The molecule has 0 radical (unpaired) electrons. The van der Waals surface area contributed by atoms with Crippen molar-refractivity contribution >= 4 is 32.9 Å². The van der Waals surface area contributed by atoms with Crippen LogP contribution in [0.2, 0.25) is 0 Å². The van der Waals surface area contributed by atoms with Gasteiger partial charge < -0.3 is 10.1 Å². The summed E-state index contributed by atoms with van der Waals surface area (Å²) in [6.45, 7) is 0. The summed E-state index contributed by atoms with van der Waals surface area (Å²) >= 11 is 3.29. The van der Waals surface area contributed by atoms with Crippen molar-refractivity contribution in [3.05, 3.63) is 28.5 Å². The van der Waals surface area contributed by atoms with Crippen LogP contribution in [0.3, 0.4) is 0 Å². The molecule has 2 rings (SSSR count). The highest BCUT2D eigenvalue weighted by molar-refractivity contribution is 9.10. The summed E-state index contributed by atoms with van der Waals surface area (Å²) in [4.78, 5) is 17.7. The van der Waals surface area contributed by atoms with Gasteiger partial charge in [0, 0.05) is 22.4 Å². The van der Waals surface area contributed by atoms with Crippen molar-refractivity contribution in [1.29, 1.82) is 0 Å². The molecule has 2 N–H and O–H groups in total. The van der Waals surface area contributed by atoms with Crippen LogP contribution in [0.1, 0.15) is 5.56 Å².